The summed E-state index contributed by atoms with van der Waals surface area (Å²) in [6.45, 7) is 12.9. The highest BCUT2D eigenvalue weighted by molar-refractivity contribution is 9.10. The van der Waals surface area contributed by atoms with Gasteiger partial charge in [-0.25, -0.2) is 13.1 Å². The van der Waals surface area contributed by atoms with Gasteiger partial charge in [0.05, 0.1) is 73.7 Å². The number of benzene rings is 3. The van der Waals surface area contributed by atoms with Gasteiger partial charge in [0, 0.05) is 32.0 Å². The van der Waals surface area contributed by atoms with E-state index in [1.807, 2.05) is 114 Å². The minimum Gasteiger partial charge on any atom is -0.497 e. The van der Waals surface area contributed by atoms with Crippen LogP contribution in [0.3, 0.4) is 0 Å². The van der Waals surface area contributed by atoms with E-state index in [-0.39, 0.29) is 34.0 Å². The molecule has 0 aromatic heterocycles. The van der Waals surface area contributed by atoms with Gasteiger partial charge in [-0.15, -0.1) is 12.4 Å². The van der Waals surface area contributed by atoms with Gasteiger partial charge in [0.25, 0.3) is 0 Å². The van der Waals surface area contributed by atoms with E-state index in [1.54, 1.807) is 42.7 Å². The molecule has 0 saturated carbocycles. The smallest absolute Gasteiger partial charge is 0.144 e. The second kappa shape index (κ2) is 29.0. The Morgan fingerprint density at radius 3 is 1.45 bits per heavy atom. The number of nitrogens with zero attached hydrogens (tertiary/aromatic N) is 1. The van der Waals surface area contributed by atoms with Gasteiger partial charge in [-0.1, -0.05) is 40.2 Å². The Labute approximate surface area is 337 Å². The Morgan fingerprint density at radius 1 is 0.679 bits per heavy atom. The number of hydrogen-bond acceptors (Lipinski definition) is 9. The fourth-order valence-corrected chi connectivity index (χ4v) is 5.13. The predicted molar refractivity (Wildman–Crippen MR) is 227 cm³/mol. The summed E-state index contributed by atoms with van der Waals surface area (Å²) in [4.78, 5) is 0. The molecule has 4 atom stereocenters. The van der Waals surface area contributed by atoms with Crippen LogP contribution in [0.4, 0.5) is 0 Å². The first-order chi connectivity index (χ1) is 24.5. The van der Waals surface area contributed by atoms with Crippen molar-refractivity contribution in [3.8, 4) is 17.2 Å². The summed E-state index contributed by atoms with van der Waals surface area (Å²) in [5.41, 5.74) is 7.92. The molecule has 0 saturated heterocycles. The average molecular weight is 867 g/mol. The van der Waals surface area contributed by atoms with Crippen molar-refractivity contribution in [1.29, 1.82) is 0 Å². The molecule has 0 unspecified atom stereocenters. The minimum atomic E-state index is -1.15. The molecule has 0 radical (unpaired) electrons. The number of nitrogens with one attached hydrogen (secondary N) is 1. The van der Waals surface area contributed by atoms with Crippen LogP contribution in [-0.4, -0.2) is 86.6 Å². The van der Waals surface area contributed by atoms with Crippen LogP contribution < -0.4 is 24.7 Å². The Balaban J connectivity index is 0. The van der Waals surface area contributed by atoms with Gasteiger partial charge in [-0.05, 0) is 101 Å². The van der Waals surface area contributed by atoms with Crippen LogP contribution in [0.25, 0.3) is 0 Å². The van der Waals surface area contributed by atoms with E-state index >= 15 is 0 Å². The highest BCUT2D eigenvalue weighted by Gasteiger charge is 2.23. The molecule has 0 fully saturated rings. The molecule has 3 rings (SSSR count). The maximum atomic E-state index is 12.2. The zero-order chi connectivity index (χ0) is 39.7. The Hall–Kier alpha value is -2.40. The molecule has 0 heterocycles. The topological polar surface area (TPSA) is 140 Å². The third-order valence-corrected chi connectivity index (χ3v) is 10.1. The van der Waals surface area contributed by atoms with Crippen molar-refractivity contribution in [2.24, 2.45) is 10.1 Å². The number of ether oxygens (including phenoxy) is 6. The summed E-state index contributed by atoms with van der Waals surface area (Å²) in [6, 6.07) is 22.9. The van der Waals surface area contributed by atoms with Crippen LogP contribution in [0.5, 0.6) is 17.2 Å². The SMILES string of the molecule is COCC=N[S@](=O)C(C)(C)C.COC[C@H](N)c1ccc(OC)cc1.COC[C@H](N[S@](=O)C(C)(C)C)c1ccc(OC)cc1.COc1ccc(Br)cc1.Cl. The lowest BCUT2D eigenvalue weighted by Gasteiger charge is -2.24. The van der Waals surface area contributed by atoms with Gasteiger partial charge >= 0.3 is 0 Å². The van der Waals surface area contributed by atoms with Crippen LogP contribution in [0.1, 0.15) is 64.8 Å². The number of methoxy groups -OCH3 is 6. The van der Waals surface area contributed by atoms with E-state index in [9.17, 15) is 8.42 Å². The van der Waals surface area contributed by atoms with Crippen molar-refractivity contribution >= 4 is 56.5 Å². The van der Waals surface area contributed by atoms with Crippen molar-refractivity contribution in [2.75, 3.05) is 62.5 Å². The lowest BCUT2D eigenvalue weighted by Crippen LogP contribution is -2.37. The maximum absolute atomic E-state index is 12.2. The second-order valence-electron chi connectivity index (χ2n) is 12.9. The first-order valence-electron chi connectivity index (χ1n) is 16.4. The van der Waals surface area contributed by atoms with E-state index < -0.39 is 22.0 Å². The molecular weight excluding hydrogens is 806 g/mol. The Bertz CT molecular complexity index is 1440. The predicted octanol–water partition coefficient (Wildman–Crippen LogP) is 7.82. The molecule has 11 nitrogen and oxygen atoms in total. The molecule has 0 aliphatic heterocycles. The fraction of sp³-hybridized carbons (Fsp3) is 0.500. The zero-order valence-corrected chi connectivity index (χ0v) is 37.2. The van der Waals surface area contributed by atoms with Crippen molar-refractivity contribution in [3.63, 3.8) is 0 Å². The highest BCUT2D eigenvalue weighted by atomic mass is 79.9. The molecule has 53 heavy (non-hydrogen) atoms. The molecule has 3 N–H and O–H groups in total. The van der Waals surface area contributed by atoms with Crippen LogP contribution in [0.2, 0.25) is 0 Å². The van der Waals surface area contributed by atoms with Crippen molar-refractivity contribution < 1.29 is 36.8 Å². The third kappa shape index (κ3) is 23.9. The van der Waals surface area contributed by atoms with Gasteiger partial charge in [0.2, 0.25) is 0 Å². The molecule has 15 heteroatoms. The van der Waals surface area contributed by atoms with Gasteiger partial charge in [-0.2, -0.15) is 4.40 Å². The molecule has 0 aliphatic carbocycles. The monoisotopic (exact) mass is 865 g/mol. The summed E-state index contributed by atoms with van der Waals surface area (Å²) >= 11 is 3.32. The van der Waals surface area contributed by atoms with Crippen LogP contribution >= 0.6 is 28.3 Å². The first kappa shape index (κ1) is 52.7. The summed E-state index contributed by atoms with van der Waals surface area (Å²) < 4.78 is 60.8. The van der Waals surface area contributed by atoms with Crippen LogP contribution in [0, 0.1) is 0 Å². The lowest BCUT2D eigenvalue weighted by molar-refractivity contribution is 0.176. The largest absolute Gasteiger partial charge is 0.497 e. The van der Waals surface area contributed by atoms with E-state index in [2.05, 4.69) is 25.0 Å². The number of halogens is 2. The zero-order valence-electron chi connectivity index (χ0n) is 33.2. The molecule has 302 valence electrons. The molecule has 0 aliphatic rings. The van der Waals surface area contributed by atoms with E-state index in [0.29, 0.717) is 19.8 Å². The molecule has 0 amide bonds. The Morgan fingerprint density at radius 2 is 1.09 bits per heavy atom. The maximum Gasteiger partial charge on any atom is 0.144 e. The molecule has 0 bridgehead atoms. The summed E-state index contributed by atoms with van der Waals surface area (Å²) in [7, 11) is 7.50. The fourth-order valence-electron chi connectivity index (χ4n) is 3.54. The average Bonchev–Trinajstić information content (AvgIpc) is 3.12. The second-order valence-corrected chi connectivity index (χ2v) is 17.7. The van der Waals surface area contributed by atoms with E-state index in [4.69, 9.17) is 34.2 Å². The normalized spacial score (nSPS) is 13.2. The standard InChI is InChI=1S/C14H23NO3S.C10H15NO2.C7H7BrO.C7H15NO2S.ClH/c1-14(2,3)19(16)15-13(10-17-4)11-6-8-12(18-5)9-7-11;1-12-7-10(11)8-3-5-9(13-2)6-4-8;1-9-7-4-2-6(8)3-5-7;1-7(2,3)11(9)8-5-6-10-4;/h6-9,13,15H,10H2,1-5H3;3-6,10H,7,11H2,1-2H3;2-5H,1H3;5H,6H2,1-4H3;1H/t13-,19+;10-;;11-;/m00.1./s1. The van der Waals surface area contributed by atoms with E-state index in [1.165, 1.54) is 6.21 Å². The first-order valence-corrected chi connectivity index (χ1v) is 19.4. The number of rotatable bonds is 14. The van der Waals surface area contributed by atoms with Crippen molar-refractivity contribution in [2.45, 2.75) is 63.1 Å². The third-order valence-electron chi connectivity index (χ3n) is 6.53. The van der Waals surface area contributed by atoms with Gasteiger partial charge < -0.3 is 34.2 Å². The molecule has 3 aromatic rings. The van der Waals surface area contributed by atoms with Crippen LogP contribution in [0.15, 0.2) is 81.7 Å². The Kier molecular flexibility index (Phi) is 28.8. The van der Waals surface area contributed by atoms with Gasteiger partial charge in [-0.3, -0.25) is 0 Å². The van der Waals surface area contributed by atoms with E-state index in [0.717, 1.165) is 32.8 Å². The highest BCUT2D eigenvalue weighted by Crippen LogP contribution is 2.21. The van der Waals surface area contributed by atoms with Crippen molar-refractivity contribution in [1.82, 2.24) is 4.72 Å². The molecule has 3 aromatic carbocycles. The number of nitrogens with two attached hydrogens (primary N) is 1. The van der Waals surface area contributed by atoms with Crippen LogP contribution in [-0.2, 0) is 36.2 Å². The lowest BCUT2D eigenvalue weighted by atomic mass is 10.1. The molecule has 0 spiro atoms. The minimum absolute atomic E-state index is 0. The molecular formula is C38H61BrClN3O8S2. The van der Waals surface area contributed by atoms with Gasteiger partial charge in [0.1, 0.15) is 28.2 Å². The van der Waals surface area contributed by atoms with Gasteiger partial charge in [0.15, 0.2) is 0 Å². The van der Waals surface area contributed by atoms with Crippen molar-refractivity contribution in [3.05, 3.63) is 88.4 Å². The quantitative estimate of drug-likeness (QED) is 0.155. The summed E-state index contributed by atoms with van der Waals surface area (Å²) in [5.74, 6) is 2.53. The number of hydrogen-bond donors (Lipinski definition) is 2. The summed E-state index contributed by atoms with van der Waals surface area (Å²) in [5, 5.41) is 0. The summed E-state index contributed by atoms with van der Waals surface area (Å²) in [6.07, 6.45) is 1.53.